The van der Waals surface area contributed by atoms with E-state index < -0.39 is 0 Å². The van der Waals surface area contributed by atoms with Crippen LogP contribution in [0.2, 0.25) is 0 Å². The van der Waals surface area contributed by atoms with Gasteiger partial charge in [0.1, 0.15) is 22.3 Å². The number of rotatable bonds is 3. The quantitative estimate of drug-likeness (QED) is 0.232. The van der Waals surface area contributed by atoms with Gasteiger partial charge >= 0.3 is 5.89 Å². The molecule has 0 bridgehead atoms. The van der Waals surface area contributed by atoms with Crippen LogP contribution < -0.4 is 14.6 Å². The first-order valence-corrected chi connectivity index (χ1v) is 12.4. The number of fused-ring (bicyclic) bond motifs is 8. The highest BCUT2D eigenvalue weighted by Gasteiger charge is 2.25. The molecule has 0 fully saturated rings. The molecule has 6 heteroatoms. The Morgan fingerprint density at radius 3 is 2.16 bits per heavy atom. The molecule has 4 heterocycles. The summed E-state index contributed by atoms with van der Waals surface area (Å²) in [6.45, 7) is 0. The fourth-order valence-electron chi connectivity index (χ4n) is 5.16. The highest BCUT2D eigenvalue weighted by molar-refractivity contribution is 6.08. The van der Waals surface area contributed by atoms with Crippen molar-refractivity contribution < 1.29 is 23.0 Å². The zero-order valence-electron chi connectivity index (χ0n) is 20.4. The Labute approximate surface area is 216 Å². The smallest absolute Gasteiger partial charge is 0.372 e. The van der Waals surface area contributed by atoms with Gasteiger partial charge in [0, 0.05) is 34.7 Å². The van der Waals surface area contributed by atoms with Crippen molar-refractivity contribution in [1.29, 1.82) is 0 Å². The van der Waals surface area contributed by atoms with E-state index in [1.807, 2.05) is 103 Å². The molecule has 0 amide bonds. The van der Waals surface area contributed by atoms with Gasteiger partial charge in [0.25, 0.3) is 5.52 Å². The molecule has 0 unspecified atom stereocenters. The van der Waals surface area contributed by atoms with Gasteiger partial charge in [-0.05, 0) is 30.3 Å². The molecule has 0 aliphatic carbocycles. The van der Waals surface area contributed by atoms with Gasteiger partial charge in [-0.3, -0.25) is 0 Å². The highest BCUT2D eigenvalue weighted by Crippen LogP contribution is 2.43. The van der Waals surface area contributed by atoms with Gasteiger partial charge in [0.2, 0.25) is 5.58 Å². The van der Waals surface area contributed by atoms with E-state index >= 15 is 0 Å². The minimum absolute atomic E-state index is 0.658. The van der Waals surface area contributed by atoms with Crippen molar-refractivity contribution in [3.05, 3.63) is 109 Å². The average molecular weight is 498 g/mol. The van der Waals surface area contributed by atoms with E-state index in [-0.39, 0.29) is 0 Å². The SMILES string of the molecule is CN1/C(=C/C=C/C=C/c2[nH+]c3cc4oc5ccccc5c4cc3o2)Oc2cc3c(cc21)oc1ccccc13. The van der Waals surface area contributed by atoms with Gasteiger partial charge in [0.15, 0.2) is 11.6 Å². The Kier molecular flexibility index (Phi) is 4.34. The lowest BCUT2D eigenvalue weighted by molar-refractivity contribution is -0.357. The number of oxazole rings is 1. The number of furan rings is 2. The molecule has 0 radical (unpaired) electrons. The summed E-state index contributed by atoms with van der Waals surface area (Å²) in [6.07, 6.45) is 9.63. The molecule has 0 saturated heterocycles. The fourth-order valence-corrected chi connectivity index (χ4v) is 5.16. The van der Waals surface area contributed by atoms with E-state index in [0.717, 1.165) is 72.3 Å². The number of aromatic amines is 1. The molecule has 38 heavy (non-hydrogen) atoms. The number of benzene rings is 4. The molecule has 6 nitrogen and oxygen atoms in total. The second kappa shape index (κ2) is 7.88. The predicted molar refractivity (Wildman–Crippen MR) is 149 cm³/mol. The summed E-state index contributed by atoms with van der Waals surface area (Å²) in [7, 11) is 1.98. The number of hydrogen-bond donors (Lipinski definition) is 0. The maximum atomic E-state index is 6.15. The molecule has 3 aromatic heterocycles. The molecule has 0 atom stereocenters. The topological polar surface area (TPSA) is 66.0 Å². The summed E-state index contributed by atoms with van der Waals surface area (Å²) in [6, 6.07) is 24.2. The van der Waals surface area contributed by atoms with Gasteiger partial charge in [-0.1, -0.05) is 54.6 Å². The van der Waals surface area contributed by atoms with Gasteiger partial charge < -0.3 is 22.9 Å². The van der Waals surface area contributed by atoms with E-state index in [1.54, 1.807) is 0 Å². The number of nitrogens with zero attached hydrogens (tertiary/aromatic N) is 1. The van der Waals surface area contributed by atoms with Crippen LogP contribution in [-0.2, 0) is 0 Å². The zero-order valence-corrected chi connectivity index (χ0v) is 20.4. The average Bonchev–Trinajstić information content (AvgIpc) is 3.67. The number of aromatic nitrogens is 1. The third kappa shape index (κ3) is 3.17. The van der Waals surface area contributed by atoms with Crippen LogP contribution in [-0.4, -0.2) is 7.05 Å². The maximum absolute atomic E-state index is 6.15. The van der Waals surface area contributed by atoms with Crippen LogP contribution in [0.25, 0.3) is 61.1 Å². The largest absolute Gasteiger partial charge is 0.456 e. The molecule has 0 saturated carbocycles. The normalized spacial score (nSPS) is 15.0. The third-order valence-electron chi connectivity index (χ3n) is 7.03. The van der Waals surface area contributed by atoms with E-state index in [0.29, 0.717) is 5.89 Å². The van der Waals surface area contributed by atoms with E-state index in [9.17, 15) is 0 Å². The van der Waals surface area contributed by atoms with Crippen molar-refractivity contribution in [3.8, 4) is 5.75 Å². The summed E-state index contributed by atoms with van der Waals surface area (Å²) in [5, 5.41) is 4.26. The number of ether oxygens (including phenoxy) is 1. The molecule has 1 N–H and O–H groups in total. The van der Waals surface area contributed by atoms with Gasteiger partial charge in [-0.15, -0.1) is 0 Å². The Hall–Kier alpha value is -5.23. The molecule has 7 aromatic rings. The molecule has 1 aliphatic rings. The van der Waals surface area contributed by atoms with Crippen molar-refractivity contribution in [2.45, 2.75) is 0 Å². The first-order valence-electron chi connectivity index (χ1n) is 12.4. The van der Waals surface area contributed by atoms with Crippen molar-refractivity contribution in [3.63, 3.8) is 0 Å². The van der Waals surface area contributed by atoms with E-state index in [1.165, 1.54) is 0 Å². The van der Waals surface area contributed by atoms with Crippen molar-refractivity contribution in [2.24, 2.45) is 0 Å². The standard InChI is InChI=1S/C32H20N2O4/c1-34-24-18-28-22(20-10-6-8-12-26(20)36-28)16-30(24)38-32(34)14-4-2-3-13-31-33-23-17-27-21(15-29(23)37-31)19-9-5-7-11-25(19)35-27/h2-18H,1H3/p+1/b4-2+,13-3+,32-14-. The number of anilines is 1. The van der Waals surface area contributed by atoms with Crippen molar-refractivity contribution in [1.82, 2.24) is 0 Å². The van der Waals surface area contributed by atoms with Crippen LogP contribution in [0.1, 0.15) is 5.89 Å². The Morgan fingerprint density at radius 2 is 1.37 bits per heavy atom. The third-order valence-corrected chi connectivity index (χ3v) is 7.03. The van der Waals surface area contributed by atoms with E-state index in [4.69, 9.17) is 18.0 Å². The Balaban J connectivity index is 1.03. The maximum Gasteiger partial charge on any atom is 0.372 e. The Morgan fingerprint density at radius 1 is 0.658 bits per heavy atom. The lowest BCUT2D eigenvalue weighted by Gasteiger charge is -2.09. The summed E-state index contributed by atoms with van der Waals surface area (Å²) >= 11 is 0. The van der Waals surface area contributed by atoms with Crippen molar-refractivity contribution in [2.75, 3.05) is 11.9 Å². The molecule has 8 rings (SSSR count). The van der Waals surface area contributed by atoms with Crippen LogP contribution in [0.5, 0.6) is 5.75 Å². The second-order valence-electron chi connectivity index (χ2n) is 9.36. The van der Waals surface area contributed by atoms with Crippen LogP contribution in [0.4, 0.5) is 5.69 Å². The van der Waals surface area contributed by atoms with Crippen LogP contribution in [0.15, 0.2) is 116 Å². The van der Waals surface area contributed by atoms with Gasteiger partial charge in [-0.2, -0.15) is 4.98 Å². The molecular formula is C32H21N2O4+. The molecule has 1 aliphatic heterocycles. The van der Waals surface area contributed by atoms with Crippen molar-refractivity contribution >= 4 is 66.7 Å². The Bertz CT molecular complexity index is 2140. The highest BCUT2D eigenvalue weighted by atomic mass is 16.5. The first-order chi connectivity index (χ1) is 18.7. The predicted octanol–water partition coefficient (Wildman–Crippen LogP) is 7.99. The van der Waals surface area contributed by atoms with Crippen LogP contribution >= 0.6 is 0 Å². The summed E-state index contributed by atoms with van der Waals surface area (Å²) in [5.41, 5.74) is 6.08. The second-order valence-corrected chi connectivity index (χ2v) is 9.36. The number of para-hydroxylation sites is 2. The number of nitrogens with one attached hydrogen (secondary N) is 1. The van der Waals surface area contributed by atoms with Gasteiger partial charge in [0.05, 0.1) is 17.8 Å². The zero-order chi connectivity index (χ0) is 25.2. The first kappa shape index (κ1) is 20.9. The number of allylic oxidation sites excluding steroid dienone is 4. The van der Waals surface area contributed by atoms with Gasteiger partial charge in [-0.25, -0.2) is 0 Å². The summed E-state index contributed by atoms with van der Waals surface area (Å²) in [4.78, 5) is 5.32. The molecule has 4 aromatic carbocycles. The lowest BCUT2D eigenvalue weighted by Crippen LogP contribution is -2.12. The number of hydrogen-bond acceptors (Lipinski definition) is 5. The monoisotopic (exact) mass is 497 g/mol. The van der Waals surface area contributed by atoms with Crippen LogP contribution in [0.3, 0.4) is 0 Å². The number of H-pyrrole nitrogens is 1. The molecular weight excluding hydrogens is 476 g/mol. The summed E-state index contributed by atoms with van der Waals surface area (Å²) in [5.74, 6) is 2.22. The minimum Gasteiger partial charge on any atom is -0.456 e. The summed E-state index contributed by atoms with van der Waals surface area (Å²) < 4.78 is 24.2. The van der Waals surface area contributed by atoms with E-state index in [2.05, 4.69) is 17.1 Å². The molecule has 182 valence electrons. The molecule has 0 spiro atoms. The lowest BCUT2D eigenvalue weighted by atomic mass is 10.1. The minimum atomic E-state index is 0.658. The fraction of sp³-hybridized carbons (Fsp3) is 0.0312. The van der Waals surface area contributed by atoms with Crippen LogP contribution in [0, 0.1) is 0 Å².